The second kappa shape index (κ2) is 8.52. The van der Waals surface area contributed by atoms with Gasteiger partial charge in [-0.05, 0) is 23.8 Å². The molecular formula is C19H23Cl2N5. The first-order chi connectivity index (χ1) is 12.6. The Morgan fingerprint density at radius 3 is 2.31 bits per heavy atom. The van der Waals surface area contributed by atoms with Crippen LogP contribution in [0.1, 0.15) is 11.3 Å². The van der Waals surface area contributed by atoms with Crippen LogP contribution in [0.15, 0.2) is 47.5 Å². The standard InChI is InChI=1S/C19H23Cl2N5/c1-22-19(24-13-16-11-17(20)18(21)25(16)2)23-12-14-5-7-15(8-6-14)26-9-3-4-10-26/h3-8,11H,9-10,12-13H2,1-2H3,(H2,22,23,24). The zero-order chi connectivity index (χ0) is 18.5. The number of rotatable bonds is 5. The maximum atomic E-state index is 6.10. The molecule has 1 aromatic carbocycles. The molecule has 0 atom stereocenters. The van der Waals surface area contributed by atoms with Crippen molar-refractivity contribution in [3.05, 3.63) is 63.9 Å². The van der Waals surface area contributed by atoms with Crippen molar-refractivity contribution >= 4 is 34.8 Å². The average molecular weight is 392 g/mol. The van der Waals surface area contributed by atoms with E-state index in [0.29, 0.717) is 23.3 Å². The van der Waals surface area contributed by atoms with Crippen molar-refractivity contribution in [1.29, 1.82) is 0 Å². The molecule has 0 saturated carbocycles. The van der Waals surface area contributed by atoms with Crippen molar-refractivity contribution in [2.75, 3.05) is 25.0 Å². The number of nitrogens with one attached hydrogen (secondary N) is 2. The maximum absolute atomic E-state index is 6.10. The van der Waals surface area contributed by atoms with Gasteiger partial charge >= 0.3 is 0 Å². The van der Waals surface area contributed by atoms with Crippen LogP contribution in [0.2, 0.25) is 10.2 Å². The Labute approximate surface area is 164 Å². The van der Waals surface area contributed by atoms with Gasteiger partial charge in [0.25, 0.3) is 0 Å². The number of halogens is 2. The predicted octanol–water partition coefficient (Wildman–Crippen LogP) is 3.57. The van der Waals surface area contributed by atoms with Crippen LogP contribution in [0.25, 0.3) is 0 Å². The van der Waals surface area contributed by atoms with Crippen LogP contribution in [-0.2, 0) is 20.1 Å². The number of nitrogens with zero attached hydrogens (tertiary/aromatic N) is 3. The highest BCUT2D eigenvalue weighted by Gasteiger charge is 2.10. The Balaban J connectivity index is 1.51. The lowest BCUT2D eigenvalue weighted by Gasteiger charge is -2.18. The molecule has 26 heavy (non-hydrogen) atoms. The third kappa shape index (κ3) is 4.34. The number of hydrogen-bond acceptors (Lipinski definition) is 2. The van der Waals surface area contributed by atoms with Crippen LogP contribution in [0, 0.1) is 0 Å². The SMILES string of the molecule is CN=C(NCc1ccc(N2CC=CC2)cc1)NCc1cc(Cl)c(Cl)n1C. The van der Waals surface area contributed by atoms with Gasteiger partial charge in [-0.25, -0.2) is 0 Å². The van der Waals surface area contributed by atoms with Gasteiger partial charge in [0.05, 0.1) is 11.6 Å². The summed E-state index contributed by atoms with van der Waals surface area (Å²) in [6.07, 6.45) is 4.39. The molecule has 0 spiro atoms. The molecule has 1 aliphatic rings. The van der Waals surface area contributed by atoms with Crippen LogP contribution in [-0.4, -0.2) is 30.7 Å². The van der Waals surface area contributed by atoms with Crippen LogP contribution in [0.3, 0.4) is 0 Å². The van der Waals surface area contributed by atoms with E-state index in [9.17, 15) is 0 Å². The molecule has 0 radical (unpaired) electrons. The van der Waals surface area contributed by atoms with Gasteiger partial charge in [-0.3, -0.25) is 4.99 Å². The van der Waals surface area contributed by atoms with Gasteiger partial charge in [0.15, 0.2) is 5.96 Å². The topological polar surface area (TPSA) is 44.6 Å². The van der Waals surface area contributed by atoms with E-state index in [1.807, 2.05) is 17.7 Å². The van der Waals surface area contributed by atoms with E-state index < -0.39 is 0 Å². The van der Waals surface area contributed by atoms with Gasteiger partial charge in [-0.2, -0.15) is 0 Å². The summed E-state index contributed by atoms with van der Waals surface area (Å²) in [6, 6.07) is 10.5. The summed E-state index contributed by atoms with van der Waals surface area (Å²) in [6.45, 7) is 3.26. The zero-order valence-electron chi connectivity index (χ0n) is 15.0. The molecule has 3 rings (SSSR count). The van der Waals surface area contributed by atoms with Gasteiger partial charge in [0.2, 0.25) is 0 Å². The van der Waals surface area contributed by atoms with Crippen molar-refractivity contribution in [2.24, 2.45) is 12.0 Å². The summed E-state index contributed by atoms with van der Waals surface area (Å²) < 4.78 is 1.86. The molecule has 7 heteroatoms. The predicted molar refractivity (Wildman–Crippen MR) is 110 cm³/mol. The number of hydrogen-bond donors (Lipinski definition) is 2. The van der Waals surface area contributed by atoms with E-state index in [4.69, 9.17) is 23.2 Å². The molecular weight excluding hydrogens is 369 g/mol. The lowest BCUT2D eigenvalue weighted by molar-refractivity contribution is 0.750. The van der Waals surface area contributed by atoms with Crippen molar-refractivity contribution < 1.29 is 0 Å². The molecule has 1 aliphatic heterocycles. The van der Waals surface area contributed by atoms with Crippen molar-refractivity contribution in [3.63, 3.8) is 0 Å². The number of benzene rings is 1. The Kier molecular flexibility index (Phi) is 6.12. The normalized spacial score (nSPS) is 14.2. The van der Waals surface area contributed by atoms with Crippen LogP contribution in [0.5, 0.6) is 0 Å². The fraction of sp³-hybridized carbons (Fsp3) is 0.316. The van der Waals surface area contributed by atoms with Crippen LogP contribution < -0.4 is 15.5 Å². The molecule has 2 heterocycles. The summed E-state index contributed by atoms with van der Waals surface area (Å²) in [5, 5.41) is 7.70. The Hall–Kier alpha value is -2.11. The van der Waals surface area contributed by atoms with Crippen LogP contribution >= 0.6 is 23.2 Å². The van der Waals surface area contributed by atoms with Gasteiger partial charge in [-0.15, -0.1) is 0 Å². The molecule has 1 aromatic heterocycles. The molecule has 0 unspecified atom stereocenters. The lowest BCUT2D eigenvalue weighted by Crippen LogP contribution is -2.36. The molecule has 0 amide bonds. The summed E-state index contributed by atoms with van der Waals surface area (Å²) in [4.78, 5) is 6.59. The zero-order valence-corrected chi connectivity index (χ0v) is 16.5. The Bertz CT molecular complexity index is 800. The maximum Gasteiger partial charge on any atom is 0.191 e. The minimum atomic E-state index is 0.541. The lowest BCUT2D eigenvalue weighted by atomic mass is 10.2. The second-order valence-electron chi connectivity index (χ2n) is 6.16. The molecule has 138 valence electrons. The van der Waals surface area contributed by atoms with Crippen molar-refractivity contribution in [2.45, 2.75) is 13.1 Å². The second-order valence-corrected chi connectivity index (χ2v) is 6.92. The van der Waals surface area contributed by atoms with E-state index in [2.05, 4.69) is 56.9 Å². The van der Waals surface area contributed by atoms with Crippen molar-refractivity contribution in [1.82, 2.24) is 15.2 Å². The number of aromatic nitrogens is 1. The average Bonchev–Trinajstić information content (AvgIpc) is 3.28. The number of guanidine groups is 1. The number of anilines is 1. The van der Waals surface area contributed by atoms with E-state index in [1.54, 1.807) is 7.05 Å². The fourth-order valence-electron chi connectivity index (χ4n) is 2.85. The monoisotopic (exact) mass is 391 g/mol. The smallest absolute Gasteiger partial charge is 0.191 e. The molecule has 5 nitrogen and oxygen atoms in total. The minimum Gasteiger partial charge on any atom is -0.364 e. The highest BCUT2D eigenvalue weighted by molar-refractivity contribution is 6.41. The van der Waals surface area contributed by atoms with E-state index >= 15 is 0 Å². The van der Waals surface area contributed by atoms with E-state index in [0.717, 1.165) is 24.7 Å². The summed E-state index contributed by atoms with van der Waals surface area (Å²) >= 11 is 12.1. The Morgan fingerprint density at radius 1 is 1.08 bits per heavy atom. The molecule has 0 fully saturated rings. The molecule has 0 bridgehead atoms. The fourth-order valence-corrected chi connectivity index (χ4v) is 3.27. The third-order valence-corrected chi connectivity index (χ3v) is 5.30. The third-order valence-electron chi connectivity index (χ3n) is 4.46. The first-order valence-corrected chi connectivity index (χ1v) is 9.27. The van der Waals surface area contributed by atoms with Gasteiger partial charge in [0.1, 0.15) is 5.15 Å². The minimum absolute atomic E-state index is 0.541. The summed E-state index contributed by atoms with van der Waals surface area (Å²) in [7, 11) is 3.64. The first kappa shape index (κ1) is 18.7. The largest absolute Gasteiger partial charge is 0.364 e. The van der Waals surface area contributed by atoms with Crippen molar-refractivity contribution in [3.8, 4) is 0 Å². The van der Waals surface area contributed by atoms with E-state index in [-0.39, 0.29) is 0 Å². The molecule has 0 aliphatic carbocycles. The van der Waals surface area contributed by atoms with Gasteiger partial charge in [-0.1, -0.05) is 47.5 Å². The van der Waals surface area contributed by atoms with Gasteiger partial charge < -0.3 is 20.1 Å². The first-order valence-electron chi connectivity index (χ1n) is 8.51. The summed E-state index contributed by atoms with van der Waals surface area (Å²) in [5.74, 6) is 0.728. The molecule has 2 N–H and O–H groups in total. The molecule has 2 aromatic rings. The molecule has 0 saturated heterocycles. The number of aliphatic imine (C=N–C) groups is 1. The van der Waals surface area contributed by atoms with Gasteiger partial charge in [0, 0.05) is 45.1 Å². The highest BCUT2D eigenvalue weighted by atomic mass is 35.5. The van der Waals surface area contributed by atoms with Crippen LogP contribution in [0.4, 0.5) is 5.69 Å². The highest BCUT2D eigenvalue weighted by Crippen LogP contribution is 2.24. The van der Waals surface area contributed by atoms with E-state index in [1.165, 1.54) is 11.3 Å². The Morgan fingerprint density at radius 2 is 1.73 bits per heavy atom. The summed E-state index contributed by atoms with van der Waals surface area (Å²) in [5.41, 5.74) is 3.44. The quantitative estimate of drug-likeness (QED) is 0.465.